The van der Waals surface area contributed by atoms with Crippen molar-refractivity contribution >= 4 is 17.6 Å². The summed E-state index contributed by atoms with van der Waals surface area (Å²) in [5.41, 5.74) is 0.440. The van der Waals surface area contributed by atoms with Gasteiger partial charge in [-0.3, -0.25) is 9.59 Å². The number of carbonyl (C=O) groups is 2. The first-order valence-corrected chi connectivity index (χ1v) is 13.4. The van der Waals surface area contributed by atoms with Gasteiger partial charge in [0.2, 0.25) is 0 Å². The fourth-order valence-corrected chi connectivity index (χ4v) is 4.59. The molecule has 3 heterocycles. The van der Waals surface area contributed by atoms with Crippen molar-refractivity contribution in [1.29, 1.82) is 0 Å². The Bertz CT molecular complexity index is 1580. The predicted octanol–water partition coefficient (Wildman–Crippen LogP) is 4.16. The maximum atomic E-state index is 13.8. The van der Waals surface area contributed by atoms with Gasteiger partial charge in [-0.05, 0) is 54.4 Å². The smallest absolute Gasteiger partial charge is 0.416 e. The van der Waals surface area contributed by atoms with Gasteiger partial charge in [0.25, 0.3) is 11.8 Å². The molecule has 0 atom stereocenters. The normalized spacial score (nSPS) is 13.7. The molecule has 0 radical (unpaired) electrons. The number of nitrogens with zero attached hydrogens (tertiary/aromatic N) is 6. The molecule has 42 heavy (non-hydrogen) atoms. The Hall–Kier alpha value is -4.94. The number of nitrogens with one attached hydrogen (secondary N) is 1. The highest BCUT2D eigenvalue weighted by Gasteiger charge is 2.33. The lowest BCUT2D eigenvalue weighted by atomic mass is 10.1. The number of anilines is 1. The summed E-state index contributed by atoms with van der Waals surface area (Å²) in [4.78, 5) is 28.8. The molecule has 1 aliphatic heterocycles. The molecule has 10 nitrogen and oxygen atoms in total. The minimum atomic E-state index is -4.68. The number of phenolic OH excluding ortho intramolecular Hbond substituents is 1. The maximum Gasteiger partial charge on any atom is 0.416 e. The standard InChI is InChI=1S/C29H28F3N7O3/c1-2-8-33-27(41)25-6-7-26(36-35-25)37-9-11-38(12-10-37)28(42)20-13-22(29(30,31)32)16-23(14-20)39-18-21(17-34-39)19-4-3-5-24(40)15-19/h3-7,13-18,40H,2,8-12H2,1H3,(H,33,41). The molecule has 0 spiro atoms. The molecule has 13 heteroatoms. The van der Waals surface area contributed by atoms with E-state index in [2.05, 4.69) is 20.6 Å². The van der Waals surface area contributed by atoms with Crippen LogP contribution < -0.4 is 10.2 Å². The second-order valence-corrected chi connectivity index (χ2v) is 9.80. The van der Waals surface area contributed by atoms with Crippen LogP contribution in [0.15, 0.2) is 67.0 Å². The van der Waals surface area contributed by atoms with Crippen molar-refractivity contribution in [2.45, 2.75) is 19.5 Å². The minimum absolute atomic E-state index is 0.0474. The topological polar surface area (TPSA) is 116 Å². The van der Waals surface area contributed by atoms with Crippen LogP contribution in [0.2, 0.25) is 0 Å². The van der Waals surface area contributed by atoms with Crippen LogP contribution >= 0.6 is 0 Å². The van der Waals surface area contributed by atoms with E-state index in [1.807, 2.05) is 11.8 Å². The SMILES string of the molecule is CCCNC(=O)c1ccc(N2CCN(C(=O)c3cc(-n4cc(-c5cccc(O)c5)cn4)cc(C(F)(F)F)c3)CC2)nn1. The van der Waals surface area contributed by atoms with Crippen molar-refractivity contribution in [2.24, 2.45) is 0 Å². The number of aromatic hydroxyl groups is 1. The van der Waals surface area contributed by atoms with Crippen molar-refractivity contribution < 1.29 is 27.9 Å². The van der Waals surface area contributed by atoms with Crippen LogP contribution in [0.4, 0.5) is 19.0 Å². The first kappa shape index (κ1) is 28.6. The van der Waals surface area contributed by atoms with Gasteiger partial charge in [-0.25, -0.2) is 4.68 Å². The summed E-state index contributed by atoms with van der Waals surface area (Å²) in [7, 11) is 0. The van der Waals surface area contributed by atoms with Gasteiger partial charge in [0.15, 0.2) is 11.5 Å². The molecule has 1 aliphatic rings. The largest absolute Gasteiger partial charge is 0.508 e. The van der Waals surface area contributed by atoms with Gasteiger partial charge in [0.1, 0.15) is 5.75 Å². The number of piperazine rings is 1. The molecule has 1 fully saturated rings. The van der Waals surface area contributed by atoms with Crippen LogP contribution in [0.1, 0.15) is 39.8 Å². The lowest BCUT2D eigenvalue weighted by Gasteiger charge is -2.35. The van der Waals surface area contributed by atoms with Crippen LogP contribution in [0, 0.1) is 0 Å². The second kappa shape index (κ2) is 11.9. The number of hydrogen-bond donors (Lipinski definition) is 2. The summed E-state index contributed by atoms with van der Waals surface area (Å²) in [5, 5.41) is 24.8. The fourth-order valence-electron chi connectivity index (χ4n) is 4.59. The maximum absolute atomic E-state index is 13.8. The van der Waals surface area contributed by atoms with Crippen molar-refractivity contribution in [2.75, 3.05) is 37.6 Å². The average molecular weight is 580 g/mol. The zero-order valence-electron chi connectivity index (χ0n) is 22.7. The highest BCUT2D eigenvalue weighted by atomic mass is 19.4. The van der Waals surface area contributed by atoms with E-state index in [1.165, 1.54) is 40.2 Å². The van der Waals surface area contributed by atoms with Gasteiger partial charge in [-0.15, -0.1) is 10.2 Å². The van der Waals surface area contributed by atoms with Crippen molar-refractivity contribution in [1.82, 2.24) is 30.2 Å². The monoisotopic (exact) mass is 579 g/mol. The Morgan fingerprint density at radius 1 is 0.976 bits per heavy atom. The number of carbonyl (C=O) groups excluding carboxylic acids is 2. The quantitative estimate of drug-likeness (QED) is 0.338. The van der Waals surface area contributed by atoms with E-state index in [1.54, 1.807) is 24.3 Å². The van der Waals surface area contributed by atoms with Gasteiger partial charge in [-0.1, -0.05) is 19.1 Å². The molecular formula is C29H28F3N7O3. The van der Waals surface area contributed by atoms with E-state index in [0.29, 0.717) is 36.6 Å². The third-order valence-corrected chi connectivity index (χ3v) is 6.83. The fraction of sp³-hybridized carbons (Fsp3) is 0.276. The molecule has 218 valence electrons. The van der Waals surface area contributed by atoms with Crippen molar-refractivity contribution in [3.63, 3.8) is 0 Å². The number of alkyl halides is 3. The third-order valence-electron chi connectivity index (χ3n) is 6.83. The van der Waals surface area contributed by atoms with Crippen LogP contribution in [0.3, 0.4) is 0 Å². The zero-order chi connectivity index (χ0) is 29.9. The summed E-state index contributed by atoms with van der Waals surface area (Å²) in [5.74, 6) is -0.253. The Labute approximate surface area is 239 Å². The van der Waals surface area contributed by atoms with E-state index in [-0.39, 0.29) is 41.7 Å². The summed E-state index contributed by atoms with van der Waals surface area (Å²) in [6.45, 7) is 3.77. The molecule has 0 saturated carbocycles. The Morgan fingerprint density at radius 3 is 2.43 bits per heavy atom. The predicted molar refractivity (Wildman–Crippen MR) is 148 cm³/mol. The molecule has 5 rings (SSSR count). The Balaban J connectivity index is 1.32. The molecular weight excluding hydrogens is 551 g/mol. The van der Waals surface area contributed by atoms with Gasteiger partial charge in [0, 0.05) is 50.0 Å². The summed E-state index contributed by atoms with van der Waals surface area (Å²) >= 11 is 0. The summed E-state index contributed by atoms with van der Waals surface area (Å²) < 4.78 is 42.8. The van der Waals surface area contributed by atoms with Crippen LogP contribution in [0.25, 0.3) is 16.8 Å². The minimum Gasteiger partial charge on any atom is -0.508 e. The summed E-state index contributed by atoms with van der Waals surface area (Å²) in [6.07, 6.45) is -0.865. The van der Waals surface area contributed by atoms with E-state index < -0.39 is 17.6 Å². The van der Waals surface area contributed by atoms with Crippen LogP contribution in [-0.2, 0) is 6.18 Å². The number of hydrogen-bond acceptors (Lipinski definition) is 7. The second-order valence-electron chi connectivity index (χ2n) is 9.80. The van der Waals surface area contributed by atoms with Gasteiger partial charge >= 0.3 is 6.18 Å². The zero-order valence-corrected chi connectivity index (χ0v) is 22.7. The molecule has 0 unspecified atom stereocenters. The number of phenols is 1. The molecule has 1 saturated heterocycles. The lowest BCUT2D eigenvalue weighted by Crippen LogP contribution is -2.49. The Kier molecular flexibility index (Phi) is 8.09. The van der Waals surface area contributed by atoms with Crippen molar-refractivity contribution in [3.8, 4) is 22.6 Å². The molecule has 0 bridgehead atoms. The first-order chi connectivity index (χ1) is 20.1. The molecule has 0 aliphatic carbocycles. The first-order valence-electron chi connectivity index (χ1n) is 13.4. The van der Waals surface area contributed by atoms with E-state index in [0.717, 1.165) is 18.6 Å². The molecule has 2 aromatic carbocycles. The lowest BCUT2D eigenvalue weighted by molar-refractivity contribution is -0.137. The van der Waals surface area contributed by atoms with Crippen molar-refractivity contribution in [3.05, 3.63) is 83.8 Å². The number of aromatic nitrogens is 4. The van der Waals surface area contributed by atoms with Crippen LogP contribution in [-0.4, -0.2) is 74.5 Å². The molecule has 4 aromatic rings. The highest BCUT2D eigenvalue weighted by molar-refractivity contribution is 5.95. The molecule has 2 N–H and O–H groups in total. The number of halogens is 3. The number of amides is 2. The van der Waals surface area contributed by atoms with Gasteiger partial charge in [0.05, 0.1) is 17.4 Å². The van der Waals surface area contributed by atoms with Gasteiger partial charge in [-0.2, -0.15) is 18.3 Å². The van der Waals surface area contributed by atoms with E-state index in [4.69, 9.17) is 0 Å². The average Bonchev–Trinajstić information content (AvgIpc) is 3.50. The Morgan fingerprint density at radius 2 is 1.76 bits per heavy atom. The molecule has 2 aromatic heterocycles. The van der Waals surface area contributed by atoms with E-state index in [9.17, 15) is 27.9 Å². The number of rotatable bonds is 7. The summed E-state index contributed by atoms with van der Waals surface area (Å²) in [6, 6.07) is 12.9. The number of benzene rings is 2. The molecule has 2 amide bonds. The van der Waals surface area contributed by atoms with E-state index >= 15 is 0 Å². The highest BCUT2D eigenvalue weighted by Crippen LogP contribution is 2.32. The van der Waals surface area contributed by atoms with Crippen LogP contribution in [0.5, 0.6) is 5.75 Å². The van der Waals surface area contributed by atoms with Gasteiger partial charge < -0.3 is 20.2 Å². The third kappa shape index (κ3) is 6.35.